The van der Waals surface area contributed by atoms with E-state index in [1.807, 2.05) is 24.3 Å². The number of alkyl halides is 2. The topological polar surface area (TPSA) is 71.5 Å². The number of hydrogen-bond acceptors (Lipinski definition) is 5. The second-order valence-electron chi connectivity index (χ2n) is 6.57. The van der Waals surface area contributed by atoms with Crippen LogP contribution in [-0.2, 0) is 16.1 Å². The van der Waals surface area contributed by atoms with E-state index in [1.165, 1.54) is 28.4 Å². The van der Waals surface area contributed by atoms with Crippen LogP contribution in [0.2, 0.25) is 0 Å². The van der Waals surface area contributed by atoms with Gasteiger partial charge in [0.05, 0.1) is 10.2 Å². The zero-order valence-corrected chi connectivity index (χ0v) is 16.0. The molecule has 29 heavy (non-hydrogen) atoms. The standard InChI is InChI=1S/C20H17F2N3O3S/c21-19(22)28-13-7-5-12(6-8-13)11-25-15(9-10-17(25)26)18(27)24-20-23-14-3-1-2-4-16(14)29-20/h1-8,15,19H,9-11H2,(H,23,24,27)/t15-/m0/s1. The van der Waals surface area contributed by atoms with Crippen LogP contribution in [0.3, 0.4) is 0 Å². The number of benzene rings is 2. The van der Waals surface area contributed by atoms with E-state index in [0.29, 0.717) is 11.6 Å². The first-order chi connectivity index (χ1) is 14.0. The number of likely N-dealkylation sites (tertiary alicyclic amines) is 1. The van der Waals surface area contributed by atoms with Gasteiger partial charge in [0, 0.05) is 13.0 Å². The maximum absolute atomic E-state index is 12.8. The fraction of sp³-hybridized carbons (Fsp3) is 0.250. The molecule has 0 saturated carbocycles. The predicted octanol–water partition coefficient (Wildman–Crippen LogP) is 4.03. The van der Waals surface area contributed by atoms with Crippen LogP contribution in [0.15, 0.2) is 48.5 Å². The summed E-state index contributed by atoms with van der Waals surface area (Å²) in [7, 11) is 0. The summed E-state index contributed by atoms with van der Waals surface area (Å²) in [5, 5.41) is 3.30. The number of rotatable bonds is 6. The fourth-order valence-electron chi connectivity index (χ4n) is 3.29. The Labute approximate surface area is 169 Å². The highest BCUT2D eigenvalue weighted by Crippen LogP contribution is 2.28. The van der Waals surface area contributed by atoms with Crippen LogP contribution in [0.1, 0.15) is 18.4 Å². The third kappa shape index (κ3) is 4.34. The van der Waals surface area contributed by atoms with Gasteiger partial charge in [-0.1, -0.05) is 35.6 Å². The van der Waals surface area contributed by atoms with E-state index in [1.54, 1.807) is 12.1 Å². The molecule has 0 radical (unpaired) electrons. The number of anilines is 1. The molecular formula is C20H17F2N3O3S. The average molecular weight is 417 g/mol. The maximum atomic E-state index is 12.8. The zero-order valence-electron chi connectivity index (χ0n) is 15.2. The summed E-state index contributed by atoms with van der Waals surface area (Å²) in [5.74, 6) is -0.364. The Morgan fingerprint density at radius 2 is 2.00 bits per heavy atom. The monoisotopic (exact) mass is 417 g/mol. The van der Waals surface area contributed by atoms with E-state index in [4.69, 9.17) is 0 Å². The van der Waals surface area contributed by atoms with Crippen molar-refractivity contribution in [2.75, 3.05) is 5.32 Å². The van der Waals surface area contributed by atoms with E-state index in [-0.39, 0.29) is 30.5 Å². The van der Waals surface area contributed by atoms with Gasteiger partial charge in [0.2, 0.25) is 11.8 Å². The van der Waals surface area contributed by atoms with Crippen LogP contribution in [0, 0.1) is 0 Å². The Kier molecular flexibility index (Phi) is 5.39. The van der Waals surface area contributed by atoms with Crippen molar-refractivity contribution >= 4 is 38.5 Å². The number of para-hydroxylation sites is 1. The van der Waals surface area contributed by atoms with E-state index < -0.39 is 12.7 Å². The number of amides is 2. The zero-order chi connectivity index (χ0) is 20.4. The SMILES string of the molecule is O=C(Nc1nc2ccccc2s1)[C@@H]1CCC(=O)N1Cc1ccc(OC(F)F)cc1. The Morgan fingerprint density at radius 3 is 2.72 bits per heavy atom. The highest BCUT2D eigenvalue weighted by atomic mass is 32.1. The molecule has 1 fully saturated rings. The van der Waals surface area contributed by atoms with Crippen LogP contribution in [0.5, 0.6) is 5.75 Å². The molecule has 1 aliphatic rings. The number of aromatic nitrogens is 1. The number of carbonyl (C=O) groups excluding carboxylic acids is 2. The van der Waals surface area contributed by atoms with Crippen LogP contribution in [-0.4, -0.2) is 34.4 Å². The molecular weight excluding hydrogens is 400 g/mol. The van der Waals surface area contributed by atoms with Gasteiger partial charge >= 0.3 is 6.61 Å². The third-order valence-corrected chi connectivity index (χ3v) is 5.61. The first-order valence-corrected chi connectivity index (χ1v) is 9.81. The maximum Gasteiger partial charge on any atom is 0.387 e. The Balaban J connectivity index is 1.45. The number of fused-ring (bicyclic) bond motifs is 1. The molecule has 1 atom stereocenters. The molecule has 0 unspecified atom stereocenters. The molecule has 2 amide bonds. The summed E-state index contributed by atoms with van der Waals surface area (Å²) in [4.78, 5) is 31.0. The van der Waals surface area contributed by atoms with Gasteiger partial charge in [-0.15, -0.1) is 0 Å². The summed E-state index contributed by atoms with van der Waals surface area (Å²) in [5.41, 5.74) is 1.53. The molecule has 1 aliphatic heterocycles. The van der Waals surface area contributed by atoms with E-state index in [9.17, 15) is 18.4 Å². The number of carbonyl (C=O) groups is 2. The second kappa shape index (κ2) is 8.12. The summed E-state index contributed by atoms with van der Waals surface area (Å²) >= 11 is 1.38. The van der Waals surface area contributed by atoms with E-state index in [0.717, 1.165) is 15.8 Å². The number of nitrogens with zero attached hydrogens (tertiary/aromatic N) is 2. The van der Waals surface area contributed by atoms with Crippen LogP contribution in [0.25, 0.3) is 10.2 Å². The number of hydrogen-bond donors (Lipinski definition) is 1. The molecule has 3 aromatic rings. The highest BCUT2D eigenvalue weighted by Gasteiger charge is 2.36. The molecule has 2 aromatic carbocycles. The smallest absolute Gasteiger partial charge is 0.387 e. The van der Waals surface area contributed by atoms with Crippen LogP contribution < -0.4 is 10.1 Å². The minimum Gasteiger partial charge on any atom is -0.435 e. The van der Waals surface area contributed by atoms with Crippen LogP contribution >= 0.6 is 11.3 Å². The van der Waals surface area contributed by atoms with Crippen molar-refractivity contribution in [1.29, 1.82) is 0 Å². The summed E-state index contributed by atoms with van der Waals surface area (Å²) in [6.45, 7) is -2.68. The lowest BCUT2D eigenvalue weighted by atomic mass is 10.1. The number of nitrogens with one attached hydrogen (secondary N) is 1. The average Bonchev–Trinajstić information content (AvgIpc) is 3.26. The largest absolute Gasteiger partial charge is 0.435 e. The van der Waals surface area contributed by atoms with Gasteiger partial charge in [-0.05, 0) is 36.2 Å². The summed E-state index contributed by atoms with van der Waals surface area (Å²) in [6, 6.07) is 13.0. The molecule has 1 N–H and O–H groups in total. The predicted molar refractivity (Wildman–Crippen MR) is 105 cm³/mol. The van der Waals surface area contributed by atoms with Gasteiger partial charge in [0.15, 0.2) is 5.13 Å². The molecule has 0 bridgehead atoms. The van der Waals surface area contributed by atoms with Crippen molar-refractivity contribution in [2.45, 2.75) is 32.0 Å². The van der Waals surface area contributed by atoms with Crippen molar-refractivity contribution in [2.24, 2.45) is 0 Å². The van der Waals surface area contributed by atoms with Gasteiger partial charge in [0.25, 0.3) is 0 Å². The van der Waals surface area contributed by atoms with E-state index in [2.05, 4.69) is 15.0 Å². The molecule has 1 aromatic heterocycles. The highest BCUT2D eigenvalue weighted by molar-refractivity contribution is 7.22. The quantitative estimate of drug-likeness (QED) is 0.658. The second-order valence-corrected chi connectivity index (χ2v) is 7.61. The van der Waals surface area contributed by atoms with Crippen molar-refractivity contribution in [3.63, 3.8) is 0 Å². The van der Waals surface area contributed by atoms with Gasteiger partial charge < -0.3 is 15.0 Å². The minimum atomic E-state index is -2.89. The lowest BCUT2D eigenvalue weighted by Gasteiger charge is -2.23. The first kappa shape index (κ1) is 19.3. The van der Waals surface area contributed by atoms with Gasteiger partial charge in [-0.25, -0.2) is 4.98 Å². The molecule has 0 aliphatic carbocycles. The number of ether oxygens (including phenoxy) is 1. The van der Waals surface area contributed by atoms with Gasteiger partial charge in [-0.2, -0.15) is 8.78 Å². The Hall–Kier alpha value is -3.07. The van der Waals surface area contributed by atoms with Crippen molar-refractivity contribution < 1.29 is 23.1 Å². The molecule has 1 saturated heterocycles. The lowest BCUT2D eigenvalue weighted by Crippen LogP contribution is -2.41. The molecule has 0 spiro atoms. The van der Waals surface area contributed by atoms with E-state index >= 15 is 0 Å². The Bertz CT molecular complexity index is 1010. The molecule has 2 heterocycles. The normalized spacial score (nSPS) is 16.6. The fourth-order valence-corrected chi connectivity index (χ4v) is 4.16. The molecule has 150 valence electrons. The number of halogens is 2. The molecule has 9 heteroatoms. The molecule has 4 rings (SSSR count). The Morgan fingerprint density at radius 1 is 1.24 bits per heavy atom. The lowest BCUT2D eigenvalue weighted by molar-refractivity contribution is -0.133. The van der Waals surface area contributed by atoms with Crippen molar-refractivity contribution in [1.82, 2.24) is 9.88 Å². The van der Waals surface area contributed by atoms with Crippen LogP contribution in [0.4, 0.5) is 13.9 Å². The summed E-state index contributed by atoms with van der Waals surface area (Å²) < 4.78 is 29.8. The summed E-state index contributed by atoms with van der Waals surface area (Å²) in [6.07, 6.45) is 0.701. The van der Waals surface area contributed by atoms with Crippen molar-refractivity contribution in [3.05, 3.63) is 54.1 Å². The number of thiazole rings is 1. The first-order valence-electron chi connectivity index (χ1n) is 8.99. The van der Waals surface area contributed by atoms with Gasteiger partial charge in [0.1, 0.15) is 11.8 Å². The molecule has 6 nitrogen and oxygen atoms in total. The van der Waals surface area contributed by atoms with Gasteiger partial charge in [-0.3, -0.25) is 9.59 Å². The third-order valence-electron chi connectivity index (χ3n) is 4.66. The minimum absolute atomic E-state index is 0.0432. The van der Waals surface area contributed by atoms with Crippen molar-refractivity contribution in [3.8, 4) is 5.75 Å².